The molecule has 6 nitrogen and oxygen atoms in total. The second kappa shape index (κ2) is 5.43. The summed E-state index contributed by atoms with van der Waals surface area (Å²) in [4.78, 5) is 10.8. The number of carbonyl (C=O) groups excluding carboxylic acids is 1. The Hall–Kier alpha value is -0.660. The van der Waals surface area contributed by atoms with Crippen molar-refractivity contribution in [1.29, 1.82) is 0 Å². The van der Waals surface area contributed by atoms with E-state index in [-0.39, 0.29) is 17.7 Å². The lowest BCUT2D eigenvalue weighted by atomic mass is 10.1. The lowest BCUT2D eigenvalue weighted by Crippen LogP contribution is -2.48. The fourth-order valence-electron chi connectivity index (χ4n) is 1.42. The van der Waals surface area contributed by atoms with Gasteiger partial charge in [-0.05, 0) is 19.4 Å². The maximum absolute atomic E-state index is 11.5. The van der Waals surface area contributed by atoms with E-state index in [1.165, 1.54) is 0 Å². The molecular formula is C8H17N3O3S. The van der Waals surface area contributed by atoms with E-state index in [1.54, 1.807) is 0 Å². The molecule has 7 heteroatoms. The fraction of sp³-hybridized carbons (Fsp3) is 0.875. The topological polar surface area (TPSA) is 101 Å². The molecule has 1 fully saturated rings. The van der Waals surface area contributed by atoms with Crippen LogP contribution in [0.25, 0.3) is 0 Å². The van der Waals surface area contributed by atoms with Crippen LogP contribution in [0, 0.1) is 0 Å². The number of rotatable bonds is 5. The Morgan fingerprint density at radius 1 is 1.53 bits per heavy atom. The number of carbonyl (C=O) groups is 1. The van der Waals surface area contributed by atoms with E-state index in [9.17, 15) is 13.2 Å². The second-order valence-corrected chi connectivity index (χ2v) is 5.49. The number of amides is 1. The lowest BCUT2D eigenvalue weighted by Gasteiger charge is -2.23. The van der Waals surface area contributed by atoms with Crippen molar-refractivity contribution in [3.05, 3.63) is 0 Å². The van der Waals surface area contributed by atoms with Gasteiger partial charge in [0.2, 0.25) is 15.9 Å². The van der Waals surface area contributed by atoms with Gasteiger partial charge in [-0.3, -0.25) is 4.79 Å². The average molecular weight is 235 g/mol. The van der Waals surface area contributed by atoms with E-state index < -0.39 is 10.0 Å². The van der Waals surface area contributed by atoms with Crippen LogP contribution in [-0.2, 0) is 14.8 Å². The Balaban J connectivity index is 2.37. The van der Waals surface area contributed by atoms with Crippen LogP contribution < -0.4 is 15.8 Å². The molecule has 0 spiro atoms. The first-order chi connectivity index (χ1) is 7.03. The van der Waals surface area contributed by atoms with E-state index in [0.29, 0.717) is 32.4 Å². The van der Waals surface area contributed by atoms with Crippen molar-refractivity contribution < 1.29 is 13.2 Å². The first-order valence-corrected chi connectivity index (χ1v) is 6.65. The first kappa shape index (κ1) is 12.4. The third-order valence-corrected chi connectivity index (χ3v) is 3.75. The third-order valence-electron chi connectivity index (χ3n) is 2.23. The second-order valence-electron chi connectivity index (χ2n) is 3.62. The molecule has 1 unspecified atom stereocenters. The Kier molecular flexibility index (Phi) is 4.49. The predicted molar refractivity (Wildman–Crippen MR) is 56.6 cm³/mol. The van der Waals surface area contributed by atoms with E-state index in [0.717, 1.165) is 0 Å². The van der Waals surface area contributed by atoms with Crippen molar-refractivity contribution in [2.45, 2.75) is 25.3 Å². The summed E-state index contributed by atoms with van der Waals surface area (Å²) in [6.07, 6.45) is 1.40. The highest BCUT2D eigenvalue weighted by molar-refractivity contribution is 7.89. The number of hydrogen-bond donors (Lipinski definition) is 3. The molecule has 1 amide bonds. The predicted octanol–water partition coefficient (Wildman–Crippen LogP) is -1.47. The summed E-state index contributed by atoms with van der Waals surface area (Å²) in [5.74, 6) is 0.0286. The quantitative estimate of drug-likeness (QED) is 0.541. The van der Waals surface area contributed by atoms with Gasteiger partial charge in [0, 0.05) is 19.0 Å². The molecule has 1 rings (SSSR count). The summed E-state index contributed by atoms with van der Waals surface area (Å²) in [7, 11) is -3.24. The highest BCUT2D eigenvalue weighted by Gasteiger charge is 2.22. The largest absolute Gasteiger partial charge is 0.355 e. The molecule has 1 aliphatic heterocycles. The van der Waals surface area contributed by atoms with Crippen molar-refractivity contribution in [3.8, 4) is 0 Å². The van der Waals surface area contributed by atoms with Gasteiger partial charge >= 0.3 is 0 Å². The summed E-state index contributed by atoms with van der Waals surface area (Å²) in [5, 5.41) is 2.62. The molecule has 0 aromatic carbocycles. The zero-order valence-electron chi connectivity index (χ0n) is 8.53. The molecule has 4 N–H and O–H groups in total. The van der Waals surface area contributed by atoms with Crippen LogP contribution in [0.1, 0.15) is 19.3 Å². The smallest absolute Gasteiger partial charge is 0.220 e. The summed E-state index contributed by atoms with van der Waals surface area (Å²) in [6.45, 7) is 0.739. The number of piperidine rings is 1. The van der Waals surface area contributed by atoms with Gasteiger partial charge in [-0.15, -0.1) is 0 Å². The molecule has 1 saturated heterocycles. The zero-order chi connectivity index (χ0) is 11.3. The summed E-state index contributed by atoms with van der Waals surface area (Å²) in [6, 6.07) is -0.175. The van der Waals surface area contributed by atoms with Gasteiger partial charge in [0.1, 0.15) is 0 Å². The standard InChI is InChI=1S/C8H17N3O3S/c9-4-1-5-15(13,14)11-7-2-3-8(12)10-6-7/h7,11H,1-6,9H2,(H,10,12). The van der Waals surface area contributed by atoms with Gasteiger partial charge in [0.05, 0.1) is 5.75 Å². The van der Waals surface area contributed by atoms with Crippen molar-refractivity contribution in [2.75, 3.05) is 18.8 Å². The van der Waals surface area contributed by atoms with Gasteiger partial charge in [-0.2, -0.15) is 0 Å². The monoisotopic (exact) mass is 235 g/mol. The molecule has 88 valence electrons. The Morgan fingerprint density at radius 2 is 2.27 bits per heavy atom. The number of nitrogens with two attached hydrogens (primary N) is 1. The summed E-state index contributed by atoms with van der Waals surface area (Å²) >= 11 is 0. The molecular weight excluding hydrogens is 218 g/mol. The Bertz CT molecular complexity index is 305. The van der Waals surface area contributed by atoms with Crippen LogP contribution in [0.2, 0.25) is 0 Å². The van der Waals surface area contributed by atoms with Crippen molar-refractivity contribution in [3.63, 3.8) is 0 Å². The van der Waals surface area contributed by atoms with Crippen molar-refractivity contribution >= 4 is 15.9 Å². The normalized spacial score (nSPS) is 22.5. The molecule has 1 aliphatic rings. The van der Waals surface area contributed by atoms with Gasteiger partial charge in [-0.25, -0.2) is 13.1 Å². The SMILES string of the molecule is NCCCS(=O)(=O)NC1CCC(=O)NC1. The third kappa shape index (κ3) is 4.59. The van der Waals surface area contributed by atoms with Crippen molar-refractivity contribution in [1.82, 2.24) is 10.0 Å². The molecule has 0 aliphatic carbocycles. The number of sulfonamides is 1. The molecule has 15 heavy (non-hydrogen) atoms. The molecule has 0 aromatic heterocycles. The Morgan fingerprint density at radius 3 is 2.80 bits per heavy atom. The highest BCUT2D eigenvalue weighted by atomic mass is 32.2. The molecule has 1 heterocycles. The Labute approximate surface area is 89.6 Å². The fourth-order valence-corrected chi connectivity index (χ4v) is 2.79. The minimum absolute atomic E-state index is 0.0209. The van der Waals surface area contributed by atoms with Crippen LogP contribution >= 0.6 is 0 Å². The van der Waals surface area contributed by atoms with Gasteiger partial charge in [0.25, 0.3) is 0 Å². The molecule has 0 aromatic rings. The molecule has 0 saturated carbocycles. The highest BCUT2D eigenvalue weighted by Crippen LogP contribution is 2.04. The van der Waals surface area contributed by atoms with Crippen LogP contribution in [-0.4, -0.2) is 39.2 Å². The van der Waals surface area contributed by atoms with Crippen molar-refractivity contribution in [2.24, 2.45) is 5.73 Å². The van der Waals surface area contributed by atoms with Gasteiger partial charge in [-0.1, -0.05) is 0 Å². The molecule has 0 bridgehead atoms. The van der Waals surface area contributed by atoms with E-state index in [1.807, 2.05) is 0 Å². The zero-order valence-corrected chi connectivity index (χ0v) is 9.35. The maximum atomic E-state index is 11.5. The first-order valence-electron chi connectivity index (χ1n) is 5.00. The van der Waals surface area contributed by atoms with Crippen LogP contribution in [0.4, 0.5) is 0 Å². The minimum atomic E-state index is -3.24. The summed E-state index contributed by atoms with van der Waals surface area (Å²) in [5.41, 5.74) is 5.24. The van der Waals surface area contributed by atoms with Crippen LogP contribution in [0.3, 0.4) is 0 Å². The van der Waals surface area contributed by atoms with E-state index in [2.05, 4.69) is 10.0 Å². The van der Waals surface area contributed by atoms with Crippen LogP contribution in [0.15, 0.2) is 0 Å². The number of hydrogen-bond acceptors (Lipinski definition) is 4. The van der Waals surface area contributed by atoms with E-state index >= 15 is 0 Å². The number of nitrogens with one attached hydrogen (secondary N) is 2. The molecule has 0 radical (unpaired) electrons. The average Bonchev–Trinajstić information content (AvgIpc) is 2.18. The van der Waals surface area contributed by atoms with Gasteiger partial charge < -0.3 is 11.1 Å². The maximum Gasteiger partial charge on any atom is 0.220 e. The molecule has 1 atom stereocenters. The van der Waals surface area contributed by atoms with Crippen LogP contribution in [0.5, 0.6) is 0 Å². The minimum Gasteiger partial charge on any atom is -0.355 e. The lowest BCUT2D eigenvalue weighted by molar-refractivity contribution is -0.122. The van der Waals surface area contributed by atoms with Gasteiger partial charge in [0.15, 0.2) is 0 Å². The summed E-state index contributed by atoms with van der Waals surface area (Å²) < 4.78 is 25.5. The van der Waals surface area contributed by atoms with E-state index in [4.69, 9.17) is 5.73 Å².